The number of amides is 2. The van der Waals surface area contributed by atoms with Crippen LogP contribution >= 0.6 is 11.6 Å². The van der Waals surface area contributed by atoms with Gasteiger partial charge >= 0.3 is 0 Å². The molecule has 1 fully saturated rings. The number of rotatable bonds is 7. The molecule has 4 aromatic rings. The molecule has 2 amide bonds. The Bertz CT molecular complexity index is 1350. The Morgan fingerprint density at radius 3 is 2.64 bits per heavy atom. The third kappa shape index (κ3) is 5.60. The van der Waals surface area contributed by atoms with Crippen LogP contribution in [0, 0.1) is 0 Å². The van der Waals surface area contributed by atoms with E-state index in [-0.39, 0.29) is 17.9 Å². The topological polar surface area (TPSA) is 67.2 Å². The number of nitrogens with zero attached hydrogens (tertiary/aromatic N) is 3. The number of hydrogen-bond acceptors (Lipinski definition) is 3. The van der Waals surface area contributed by atoms with Gasteiger partial charge in [0.15, 0.2) is 0 Å². The highest BCUT2D eigenvalue weighted by molar-refractivity contribution is 6.30. The molecule has 5 rings (SSSR count). The lowest BCUT2D eigenvalue weighted by atomic mass is 10.0. The van der Waals surface area contributed by atoms with E-state index < -0.39 is 0 Å². The van der Waals surface area contributed by atoms with Crippen molar-refractivity contribution in [2.45, 2.75) is 38.1 Å². The number of halogens is 1. The summed E-state index contributed by atoms with van der Waals surface area (Å²) in [5, 5.41) is 3.81. The molecule has 1 aliphatic heterocycles. The van der Waals surface area contributed by atoms with Crippen LogP contribution in [0.4, 0.5) is 0 Å². The molecule has 1 unspecified atom stereocenters. The summed E-state index contributed by atoms with van der Waals surface area (Å²) in [6.07, 6.45) is 5.70. The number of piperidine rings is 1. The van der Waals surface area contributed by atoms with E-state index in [4.69, 9.17) is 11.6 Å². The van der Waals surface area contributed by atoms with Crippen molar-refractivity contribution in [3.8, 4) is 5.69 Å². The Hall–Kier alpha value is -3.64. The fourth-order valence-electron chi connectivity index (χ4n) is 4.81. The smallest absolute Gasteiger partial charge is 0.254 e. The van der Waals surface area contributed by atoms with Gasteiger partial charge in [0.25, 0.3) is 5.91 Å². The van der Waals surface area contributed by atoms with Crippen molar-refractivity contribution in [3.05, 3.63) is 95.3 Å². The molecule has 184 valence electrons. The number of benzene rings is 3. The zero-order valence-corrected chi connectivity index (χ0v) is 20.8. The van der Waals surface area contributed by atoms with Crippen molar-refractivity contribution < 1.29 is 9.59 Å². The highest BCUT2D eigenvalue weighted by Gasteiger charge is 2.26. The number of nitrogens with one attached hydrogen (secondary N) is 1. The number of aromatic nitrogens is 2. The third-order valence-electron chi connectivity index (χ3n) is 6.68. The largest absolute Gasteiger partial charge is 0.352 e. The Balaban J connectivity index is 1.21. The van der Waals surface area contributed by atoms with Gasteiger partial charge in [-0.1, -0.05) is 41.9 Å². The van der Waals surface area contributed by atoms with Crippen molar-refractivity contribution in [3.63, 3.8) is 0 Å². The standard InChI is InChI=1S/C29H29ClN4O2/c30-23-12-14-25(15-13-23)34-20-31-26-16-11-22(18-27(26)34)29(36)33-17-5-9-24(19-33)32-28(35)10-4-8-21-6-2-1-3-7-21/h1-3,6-7,11-16,18,20,24H,4-5,8-10,17,19H2,(H,32,35). The summed E-state index contributed by atoms with van der Waals surface area (Å²) in [6.45, 7) is 1.21. The Morgan fingerprint density at radius 2 is 1.83 bits per heavy atom. The van der Waals surface area contributed by atoms with Gasteiger partial charge < -0.3 is 10.2 Å². The Kier molecular flexibility index (Phi) is 7.33. The third-order valence-corrected chi connectivity index (χ3v) is 6.94. The summed E-state index contributed by atoms with van der Waals surface area (Å²) >= 11 is 6.04. The summed E-state index contributed by atoms with van der Waals surface area (Å²) in [5.74, 6) is 0.0299. The molecule has 0 spiro atoms. The quantitative estimate of drug-likeness (QED) is 0.368. The molecule has 7 heteroatoms. The van der Waals surface area contributed by atoms with Crippen molar-refractivity contribution in [1.82, 2.24) is 19.8 Å². The fourth-order valence-corrected chi connectivity index (χ4v) is 4.93. The van der Waals surface area contributed by atoms with Gasteiger partial charge in [0.2, 0.25) is 5.91 Å². The van der Waals surface area contributed by atoms with Crippen LogP contribution in [0.15, 0.2) is 79.1 Å². The molecule has 3 aromatic carbocycles. The SMILES string of the molecule is O=C(CCCc1ccccc1)NC1CCCN(C(=O)c2ccc3ncn(-c4ccc(Cl)cc4)c3c2)C1. The molecule has 6 nitrogen and oxygen atoms in total. The van der Waals surface area contributed by atoms with E-state index in [0.29, 0.717) is 30.1 Å². The molecule has 0 radical (unpaired) electrons. The molecular formula is C29H29ClN4O2. The average Bonchev–Trinajstić information content (AvgIpc) is 3.33. The first-order valence-electron chi connectivity index (χ1n) is 12.4. The average molecular weight is 501 g/mol. The summed E-state index contributed by atoms with van der Waals surface area (Å²) in [4.78, 5) is 32.2. The molecule has 2 heterocycles. The van der Waals surface area contributed by atoms with E-state index >= 15 is 0 Å². The van der Waals surface area contributed by atoms with Crippen LogP contribution < -0.4 is 5.32 Å². The maximum atomic E-state index is 13.4. The zero-order chi connectivity index (χ0) is 24.9. The minimum absolute atomic E-state index is 0.0183. The maximum Gasteiger partial charge on any atom is 0.254 e. The summed E-state index contributed by atoms with van der Waals surface area (Å²) < 4.78 is 1.96. The number of fused-ring (bicyclic) bond motifs is 1. The first-order valence-corrected chi connectivity index (χ1v) is 12.8. The summed E-state index contributed by atoms with van der Waals surface area (Å²) in [5.41, 5.74) is 4.48. The normalized spacial score (nSPS) is 15.7. The lowest BCUT2D eigenvalue weighted by Crippen LogP contribution is -2.49. The first kappa shape index (κ1) is 24.1. The van der Waals surface area contributed by atoms with Crippen LogP contribution in [0.3, 0.4) is 0 Å². The molecule has 0 aliphatic carbocycles. The van der Waals surface area contributed by atoms with E-state index in [0.717, 1.165) is 42.4 Å². The van der Waals surface area contributed by atoms with E-state index in [1.807, 2.05) is 70.1 Å². The molecular weight excluding hydrogens is 472 g/mol. The second kappa shape index (κ2) is 11.0. The number of carbonyl (C=O) groups is 2. The number of hydrogen-bond donors (Lipinski definition) is 1. The highest BCUT2D eigenvalue weighted by Crippen LogP contribution is 2.23. The van der Waals surface area contributed by atoms with Crippen LogP contribution in [-0.2, 0) is 11.2 Å². The van der Waals surface area contributed by atoms with E-state index in [1.54, 1.807) is 6.33 Å². The van der Waals surface area contributed by atoms with Gasteiger partial charge in [-0.15, -0.1) is 0 Å². The van der Waals surface area contributed by atoms with Gasteiger partial charge in [-0.05, 0) is 73.7 Å². The number of imidazole rings is 1. The van der Waals surface area contributed by atoms with Crippen molar-refractivity contribution >= 4 is 34.4 Å². The van der Waals surface area contributed by atoms with Crippen LogP contribution in [0.25, 0.3) is 16.7 Å². The van der Waals surface area contributed by atoms with Crippen molar-refractivity contribution in [2.75, 3.05) is 13.1 Å². The molecule has 0 saturated carbocycles. The van der Waals surface area contributed by atoms with Crippen LogP contribution in [-0.4, -0.2) is 45.4 Å². The van der Waals surface area contributed by atoms with E-state index in [9.17, 15) is 9.59 Å². The Morgan fingerprint density at radius 1 is 1.03 bits per heavy atom. The second-order valence-corrected chi connectivity index (χ2v) is 9.73. The molecule has 1 aliphatic rings. The molecule has 1 saturated heterocycles. The lowest BCUT2D eigenvalue weighted by Gasteiger charge is -2.33. The monoisotopic (exact) mass is 500 g/mol. The van der Waals surface area contributed by atoms with Gasteiger partial charge in [-0.2, -0.15) is 0 Å². The van der Waals surface area contributed by atoms with Crippen molar-refractivity contribution in [1.29, 1.82) is 0 Å². The number of carbonyl (C=O) groups excluding carboxylic acids is 2. The highest BCUT2D eigenvalue weighted by atomic mass is 35.5. The van der Waals surface area contributed by atoms with Gasteiger partial charge in [0.1, 0.15) is 6.33 Å². The van der Waals surface area contributed by atoms with Crippen molar-refractivity contribution in [2.24, 2.45) is 0 Å². The van der Waals surface area contributed by atoms with Gasteiger partial charge in [-0.3, -0.25) is 14.2 Å². The molecule has 1 aromatic heterocycles. The zero-order valence-electron chi connectivity index (χ0n) is 20.1. The van der Waals surface area contributed by atoms with Crippen LogP contribution in [0.5, 0.6) is 0 Å². The van der Waals surface area contributed by atoms with Crippen LogP contribution in [0.2, 0.25) is 5.02 Å². The minimum atomic E-state index is -0.0243. The van der Waals surface area contributed by atoms with E-state index in [2.05, 4.69) is 22.4 Å². The lowest BCUT2D eigenvalue weighted by molar-refractivity contribution is -0.122. The Labute approximate surface area is 215 Å². The van der Waals surface area contributed by atoms with Crippen LogP contribution in [0.1, 0.15) is 41.6 Å². The minimum Gasteiger partial charge on any atom is -0.352 e. The maximum absolute atomic E-state index is 13.4. The number of likely N-dealkylation sites (tertiary alicyclic amines) is 1. The number of aryl methyl sites for hydroxylation is 1. The first-order chi connectivity index (χ1) is 17.6. The van der Waals surface area contributed by atoms with Gasteiger partial charge in [0, 0.05) is 41.8 Å². The fraction of sp³-hybridized carbons (Fsp3) is 0.276. The summed E-state index contributed by atoms with van der Waals surface area (Å²) in [7, 11) is 0. The second-order valence-electron chi connectivity index (χ2n) is 9.29. The predicted octanol–water partition coefficient (Wildman–Crippen LogP) is 5.42. The molecule has 0 bridgehead atoms. The van der Waals surface area contributed by atoms with Gasteiger partial charge in [0.05, 0.1) is 11.0 Å². The summed E-state index contributed by atoms with van der Waals surface area (Å²) in [6, 6.07) is 23.3. The van der Waals surface area contributed by atoms with Gasteiger partial charge in [-0.25, -0.2) is 4.98 Å². The molecule has 36 heavy (non-hydrogen) atoms. The molecule has 1 atom stereocenters. The predicted molar refractivity (Wildman–Crippen MR) is 143 cm³/mol. The van der Waals surface area contributed by atoms with E-state index in [1.165, 1.54) is 5.56 Å². The molecule has 1 N–H and O–H groups in total.